The van der Waals surface area contributed by atoms with Crippen LogP contribution in [0.5, 0.6) is 11.5 Å². The predicted octanol–water partition coefficient (Wildman–Crippen LogP) is 5.94. The Balaban J connectivity index is 1.90. The number of benzene rings is 2. The van der Waals surface area contributed by atoms with Gasteiger partial charge in [0.1, 0.15) is 11.5 Å². The molecule has 1 saturated heterocycles. The summed E-state index contributed by atoms with van der Waals surface area (Å²) in [5.74, 6) is 0.379. The third kappa shape index (κ3) is 5.52. The Morgan fingerprint density at radius 2 is 1.94 bits per heavy atom. The summed E-state index contributed by atoms with van der Waals surface area (Å²) < 4.78 is 17.5. The molecule has 1 aliphatic heterocycles. The van der Waals surface area contributed by atoms with E-state index in [-0.39, 0.29) is 24.0 Å². The molecular weight excluding hydrogens is 404 g/mol. The van der Waals surface area contributed by atoms with Crippen LogP contribution in [0, 0.1) is 5.92 Å². The molecule has 3 rings (SSSR count). The lowest BCUT2D eigenvalue weighted by atomic mass is 9.75. The molecule has 0 bridgehead atoms. The first-order chi connectivity index (χ1) is 15.3. The molecule has 0 spiro atoms. The standard InChI is InChI=1S/C27H34O5/c1-6-7-19-8-10-20(11-9-19)24-15-23(17(2)3)27(32-18(24)4)22-13-12-21(30-5)14-25(22)31-16-26(28)29/h8-14,18,23-24,27H,2,6-7,15-16H2,1,3-5H3,(H,28,29)/t18-,23+,24-,27+/m0/s1. The van der Waals surface area contributed by atoms with Crippen LogP contribution in [0.3, 0.4) is 0 Å². The number of hydrogen-bond acceptors (Lipinski definition) is 4. The lowest BCUT2D eigenvalue weighted by Gasteiger charge is -2.42. The van der Waals surface area contributed by atoms with E-state index in [0.717, 1.165) is 30.4 Å². The molecule has 172 valence electrons. The van der Waals surface area contributed by atoms with E-state index in [1.807, 2.05) is 19.1 Å². The minimum Gasteiger partial charge on any atom is -0.497 e. The van der Waals surface area contributed by atoms with E-state index in [4.69, 9.17) is 19.3 Å². The van der Waals surface area contributed by atoms with Crippen molar-refractivity contribution in [1.82, 2.24) is 0 Å². The van der Waals surface area contributed by atoms with E-state index < -0.39 is 12.6 Å². The summed E-state index contributed by atoms with van der Waals surface area (Å²) in [6.07, 6.45) is 2.84. The van der Waals surface area contributed by atoms with E-state index in [9.17, 15) is 4.79 Å². The molecule has 1 aliphatic rings. The van der Waals surface area contributed by atoms with Crippen molar-refractivity contribution in [3.8, 4) is 11.5 Å². The smallest absolute Gasteiger partial charge is 0.341 e. The average Bonchev–Trinajstić information content (AvgIpc) is 2.78. The van der Waals surface area contributed by atoms with Gasteiger partial charge in [-0.25, -0.2) is 4.79 Å². The Kier molecular flexibility index (Phi) is 7.97. The van der Waals surface area contributed by atoms with Crippen molar-refractivity contribution in [2.24, 2.45) is 5.92 Å². The summed E-state index contributed by atoms with van der Waals surface area (Å²) in [5.41, 5.74) is 4.49. The van der Waals surface area contributed by atoms with Crippen molar-refractivity contribution in [3.63, 3.8) is 0 Å². The van der Waals surface area contributed by atoms with Crippen LogP contribution in [0.25, 0.3) is 0 Å². The Bertz CT molecular complexity index is 934. The average molecular weight is 439 g/mol. The lowest BCUT2D eigenvalue weighted by Crippen LogP contribution is -2.34. The molecular formula is C27H34O5. The number of carbonyl (C=O) groups is 1. The van der Waals surface area contributed by atoms with Gasteiger partial charge in [-0.2, -0.15) is 0 Å². The molecule has 1 N–H and O–H groups in total. The van der Waals surface area contributed by atoms with Crippen molar-refractivity contribution in [3.05, 3.63) is 71.3 Å². The Morgan fingerprint density at radius 3 is 2.53 bits per heavy atom. The van der Waals surface area contributed by atoms with Gasteiger partial charge in [-0.05, 0) is 49.9 Å². The molecule has 5 nitrogen and oxygen atoms in total. The fraction of sp³-hybridized carbons (Fsp3) is 0.444. The first-order valence-electron chi connectivity index (χ1n) is 11.3. The van der Waals surface area contributed by atoms with Crippen molar-refractivity contribution in [2.75, 3.05) is 13.7 Å². The zero-order valence-electron chi connectivity index (χ0n) is 19.5. The van der Waals surface area contributed by atoms with E-state index >= 15 is 0 Å². The van der Waals surface area contributed by atoms with Crippen LogP contribution in [0.15, 0.2) is 54.6 Å². The first kappa shape index (κ1) is 23.9. The van der Waals surface area contributed by atoms with Gasteiger partial charge in [-0.15, -0.1) is 0 Å². The van der Waals surface area contributed by atoms with Crippen molar-refractivity contribution in [2.45, 2.75) is 58.2 Å². The zero-order chi connectivity index (χ0) is 23.3. The number of carboxylic acids is 1. The number of aliphatic carboxylic acids is 1. The van der Waals surface area contributed by atoms with Crippen LogP contribution in [0.2, 0.25) is 0 Å². The van der Waals surface area contributed by atoms with Gasteiger partial charge in [0.05, 0.1) is 19.3 Å². The fourth-order valence-corrected chi connectivity index (χ4v) is 4.53. The normalized spacial score (nSPS) is 22.9. The second-order valence-corrected chi connectivity index (χ2v) is 8.63. The van der Waals surface area contributed by atoms with Gasteiger partial charge in [0, 0.05) is 23.5 Å². The number of hydrogen-bond donors (Lipinski definition) is 1. The zero-order valence-corrected chi connectivity index (χ0v) is 19.5. The Labute approximate surface area is 191 Å². The number of aryl methyl sites for hydroxylation is 1. The summed E-state index contributed by atoms with van der Waals surface area (Å²) >= 11 is 0. The number of ether oxygens (including phenoxy) is 3. The van der Waals surface area contributed by atoms with Gasteiger partial charge in [0.15, 0.2) is 6.61 Å². The highest BCUT2D eigenvalue weighted by Gasteiger charge is 2.39. The van der Waals surface area contributed by atoms with Gasteiger partial charge in [0.25, 0.3) is 0 Å². The summed E-state index contributed by atoms with van der Waals surface area (Å²) in [5, 5.41) is 9.10. The predicted molar refractivity (Wildman–Crippen MR) is 126 cm³/mol. The molecule has 0 radical (unpaired) electrons. The van der Waals surface area contributed by atoms with Gasteiger partial charge in [0.2, 0.25) is 0 Å². The number of methoxy groups -OCH3 is 1. The van der Waals surface area contributed by atoms with Gasteiger partial charge in [-0.3, -0.25) is 0 Å². The summed E-state index contributed by atoms with van der Waals surface area (Å²) in [7, 11) is 1.57. The highest BCUT2D eigenvalue weighted by molar-refractivity contribution is 5.68. The van der Waals surface area contributed by atoms with E-state index in [1.54, 1.807) is 13.2 Å². The van der Waals surface area contributed by atoms with Crippen LogP contribution in [-0.4, -0.2) is 30.9 Å². The molecule has 2 aromatic rings. The number of carboxylic acid groups (broad SMARTS) is 1. The molecule has 1 fully saturated rings. The fourth-order valence-electron chi connectivity index (χ4n) is 4.53. The van der Waals surface area contributed by atoms with Crippen LogP contribution in [-0.2, 0) is 16.0 Å². The topological polar surface area (TPSA) is 65.0 Å². The molecule has 0 aliphatic carbocycles. The molecule has 1 heterocycles. The summed E-state index contributed by atoms with van der Waals surface area (Å²) in [4.78, 5) is 11.1. The first-order valence-corrected chi connectivity index (χ1v) is 11.3. The maximum Gasteiger partial charge on any atom is 0.341 e. The van der Waals surface area contributed by atoms with Gasteiger partial charge < -0.3 is 19.3 Å². The molecule has 0 amide bonds. The van der Waals surface area contributed by atoms with Crippen LogP contribution < -0.4 is 9.47 Å². The Hall–Kier alpha value is -2.79. The largest absolute Gasteiger partial charge is 0.497 e. The van der Waals surface area contributed by atoms with Crippen LogP contribution >= 0.6 is 0 Å². The molecule has 4 atom stereocenters. The minimum absolute atomic E-state index is 0.0120. The second-order valence-electron chi connectivity index (χ2n) is 8.63. The molecule has 0 unspecified atom stereocenters. The quantitative estimate of drug-likeness (QED) is 0.491. The van der Waals surface area contributed by atoms with Gasteiger partial charge in [-0.1, -0.05) is 49.8 Å². The van der Waals surface area contributed by atoms with Crippen LogP contribution in [0.4, 0.5) is 0 Å². The highest BCUT2D eigenvalue weighted by Crippen LogP contribution is 2.48. The molecule has 2 aromatic carbocycles. The molecule has 0 saturated carbocycles. The maximum atomic E-state index is 11.1. The van der Waals surface area contributed by atoms with Crippen molar-refractivity contribution < 1.29 is 24.1 Å². The Morgan fingerprint density at radius 1 is 1.22 bits per heavy atom. The van der Waals surface area contributed by atoms with Gasteiger partial charge >= 0.3 is 5.97 Å². The summed E-state index contributed by atoms with van der Waals surface area (Å²) in [6, 6.07) is 14.4. The third-order valence-corrected chi connectivity index (χ3v) is 6.26. The number of rotatable bonds is 9. The molecule has 0 aromatic heterocycles. The third-order valence-electron chi connectivity index (χ3n) is 6.26. The van der Waals surface area contributed by atoms with E-state index in [0.29, 0.717) is 11.5 Å². The monoisotopic (exact) mass is 438 g/mol. The van der Waals surface area contributed by atoms with Crippen molar-refractivity contribution in [1.29, 1.82) is 0 Å². The van der Waals surface area contributed by atoms with E-state index in [1.165, 1.54) is 11.1 Å². The SMILES string of the molecule is C=C(C)[C@H]1C[C@H](c2ccc(CCC)cc2)[C@H](C)O[C@@H]1c1ccc(OC)cc1OCC(=O)O. The lowest BCUT2D eigenvalue weighted by molar-refractivity contribution is -0.139. The second kappa shape index (κ2) is 10.7. The van der Waals surface area contributed by atoms with E-state index in [2.05, 4.69) is 44.7 Å². The summed E-state index contributed by atoms with van der Waals surface area (Å²) in [6.45, 7) is 10.1. The molecule has 32 heavy (non-hydrogen) atoms. The minimum atomic E-state index is -1.03. The van der Waals surface area contributed by atoms with Crippen LogP contribution in [0.1, 0.15) is 62.3 Å². The highest BCUT2D eigenvalue weighted by atomic mass is 16.5. The molecule has 5 heteroatoms. The van der Waals surface area contributed by atoms with Crippen molar-refractivity contribution >= 4 is 5.97 Å². The maximum absolute atomic E-state index is 11.1.